The molecule has 0 aromatic rings. The smallest absolute Gasteiger partial charge is 0.263 e. The van der Waals surface area contributed by atoms with Gasteiger partial charge in [0.15, 0.2) is 0 Å². The molecule has 0 spiro atoms. The molecule has 2 aliphatic heterocycles. The van der Waals surface area contributed by atoms with Gasteiger partial charge in [0.2, 0.25) is 0 Å². The van der Waals surface area contributed by atoms with Crippen molar-refractivity contribution in [1.82, 2.24) is 10.4 Å². The second kappa shape index (κ2) is 4.94. The van der Waals surface area contributed by atoms with Gasteiger partial charge in [0.25, 0.3) is 5.91 Å². The molecule has 96 valence electrons. The van der Waals surface area contributed by atoms with Crippen molar-refractivity contribution in [3.8, 4) is 0 Å². The molecular formula is C13H22N2O2. The van der Waals surface area contributed by atoms with Crippen molar-refractivity contribution in [3.05, 3.63) is 0 Å². The van der Waals surface area contributed by atoms with E-state index in [1.165, 1.54) is 25.7 Å². The van der Waals surface area contributed by atoms with Crippen molar-refractivity contribution in [2.45, 2.75) is 57.0 Å². The molecule has 1 N–H and O–H groups in total. The predicted molar refractivity (Wildman–Crippen MR) is 64.2 cm³/mol. The van der Waals surface area contributed by atoms with Crippen LogP contribution in [0.3, 0.4) is 0 Å². The van der Waals surface area contributed by atoms with Gasteiger partial charge in [0.1, 0.15) is 0 Å². The Kier molecular flexibility index (Phi) is 3.34. The third kappa shape index (κ3) is 2.33. The topological polar surface area (TPSA) is 41.6 Å². The molecule has 0 aromatic heterocycles. The summed E-state index contributed by atoms with van der Waals surface area (Å²) in [5.41, 5.74) is 0. The van der Waals surface area contributed by atoms with E-state index >= 15 is 0 Å². The highest BCUT2D eigenvalue weighted by Gasteiger charge is 2.40. The van der Waals surface area contributed by atoms with Crippen LogP contribution < -0.4 is 5.32 Å². The molecule has 1 amide bonds. The fourth-order valence-electron chi connectivity index (χ4n) is 3.45. The van der Waals surface area contributed by atoms with Gasteiger partial charge >= 0.3 is 0 Å². The van der Waals surface area contributed by atoms with E-state index in [2.05, 4.69) is 5.32 Å². The first-order valence-electron chi connectivity index (χ1n) is 7.05. The number of hydrogen-bond acceptors (Lipinski definition) is 3. The molecule has 4 heteroatoms. The highest BCUT2D eigenvalue weighted by Crippen LogP contribution is 2.33. The van der Waals surface area contributed by atoms with Gasteiger partial charge in [0, 0.05) is 12.6 Å². The van der Waals surface area contributed by atoms with Crippen LogP contribution >= 0.6 is 0 Å². The lowest BCUT2D eigenvalue weighted by Gasteiger charge is -2.28. The average Bonchev–Trinajstić information content (AvgIpc) is 2.82. The van der Waals surface area contributed by atoms with E-state index < -0.39 is 0 Å². The highest BCUT2D eigenvalue weighted by atomic mass is 16.7. The summed E-state index contributed by atoms with van der Waals surface area (Å²) in [6.07, 6.45) is 8.36. The average molecular weight is 238 g/mol. The fraction of sp³-hybridized carbons (Fsp3) is 0.923. The maximum atomic E-state index is 12.3. The monoisotopic (exact) mass is 238 g/mol. The second-order valence-electron chi connectivity index (χ2n) is 5.59. The standard InChI is InChI=1S/C13H22N2O2/c16-13(15-7-3-4-8-17-15)12-9-10-5-1-2-6-11(10)14-12/h10-12,14H,1-9H2. The number of hydrogen-bond donors (Lipinski definition) is 1. The van der Waals surface area contributed by atoms with Gasteiger partial charge in [-0.2, -0.15) is 0 Å². The number of hydroxylamine groups is 2. The van der Waals surface area contributed by atoms with Gasteiger partial charge < -0.3 is 5.32 Å². The fourth-order valence-corrected chi connectivity index (χ4v) is 3.45. The zero-order valence-electron chi connectivity index (χ0n) is 10.4. The summed E-state index contributed by atoms with van der Waals surface area (Å²) < 4.78 is 0. The first kappa shape index (κ1) is 11.5. The van der Waals surface area contributed by atoms with E-state index in [-0.39, 0.29) is 11.9 Å². The Morgan fingerprint density at radius 2 is 2.06 bits per heavy atom. The molecule has 3 fully saturated rings. The van der Waals surface area contributed by atoms with E-state index in [4.69, 9.17) is 4.84 Å². The van der Waals surface area contributed by atoms with Gasteiger partial charge in [-0.1, -0.05) is 12.8 Å². The lowest BCUT2D eigenvalue weighted by atomic mass is 9.85. The van der Waals surface area contributed by atoms with Crippen LogP contribution in [0.4, 0.5) is 0 Å². The first-order chi connectivity index (χ1) is 8.34. The summed E-state index contributed by atoms with van der Waals surface area (Å²) in [5.74, 6) is 0.890. The lowest BCUT2D eigenvalue weighted by Crippen LogP contribution is -2.47. The highest BCUT2D eigenvalue weighted by molar-refractivity contribution is 5.81. The first-order valence-corrected chi connectivity index (χ1v) is 7.05. The number of fused-ring (bicyclic) bond motifs is 1. The Morgan fingerprint density at radius 3 is 2.82 bits per heavy atom. The van der Waals surface area contributed by atoms with Crippen LogP contribution in [0, 0.1) is 5.92 Å². The normalized spacial score (nSPS) is 37.9. The molecule has 0 aromatic carbocycles. The van der Waals surface area contributed by atoms with E-state index in [0.717, 1.165) is 31.7 Å². The van der Waals surface area contributed by atoms with E-state index in [9.17, 15) is 4.79 Å². The predicted octanol–water partition coefficient (Wildman–Crippen LogP) is 1.46. The molecule has 0 bridgehead atoms. The molecule has 4 nitrogen and oxygen atoms in total. The van der Waals surface area contributed by atoms with Crippen LogP contribution in [-0.4, -0.2) is 36.2 Å². The molecule has 3 atom stereocenters. The molecule has 17 heavy (non-hydrogen) atoms. The van der Waals surface area contributed by atoms with Crippen LogP contribution in [0.1, 0.15) is 44.9 Å². The van der Waals surface area contributed by atoms with Crippen molar-refractivity contribution in [2.24, 2.45) is 5.92 Å². The number of nitrogens with zero attached hydrogens (tertiary/aromatic N) is 1. The zero-order chi connectivity index (χ0) is 11.7. The Balaban J connectivity index is 1.59. The second-order valence-corrected chi connectivity index (χ2v) is 5.59. The third-order valence-electron chi connectivity index (χ3n) is 4.41. The van der Waals surface area contributed by atoms with E-state index in [1.807, 2.05) is 0 Å². The van der Waals surface area contributed by atoms with Crippen LogP contribution in [-0.2, 0) is 9.63 Å². The van der Waals surface area contributed by atoms with Crippen molar-refractivity contribution >= 4 is 5.91 Å². The summed E-state index contributed by atoms with van der Waals surface area (Å²) in [6, 6.07) is 0.601. The quantitative estimate of drug-likeness (QED) is 0.752. The Morgan fingerprint density at radius 1 is 1.18 bits per heavy atom. The molecule has 2 heterocycles. The molecule has 3 rings (SSSR count). The maximum Gasteiger partial charge on any atom is 0.263 e. The van der Waals surface area contributed by atoms with Crippen molar-refractivity contribution < 1.29 is 9.63 Å². The van der Waals surface area contributed by atoms with Gasteiger partial charge in [-0.05, 0) is 38.0 Å². The molecule has 1 aliphatic carbocycles. The Labute approximate surface area is 103 Å². The minimum Gasteiger partial charge on any atom is -0.303 e. The largest absolute Gasteiger partial charge is 0.303 e. The molecule has 0 radical (unpaired) electrons. The number of nitrogens with one attached hydrogen (secondary N) is 1. The van der Waals surface area contributed by atoms with Crippen LogP contribution in [0.15, 0.2) is 0 Å². The van der Waals surface area contributed by atoms with Gasteiger partial charge in [-0.25, -0.2) is 5.06 Å². The lowest BCUT2D eigenvalue weighted by molar-refractivity contribution is -0.198. The van der Waals surface area contributed by atoms with Crippen molar-refractivity contribution in [1.29, 1.82) is 0 Å². The minimum atomic E-state index is 0.0150. The van der Waals surface area contributed by atoms with Crippen LogP contribution in [0.2, 0.25) is 0 Å². The third-order valence-corrected chi connectivity index (χ3v) is 4.41. The zero-order valence-corrected chi connectivity index (χ0v) is 10.4. The maximum absolute atomic E-state index is 12.3. The molecule has 3 unspecified atom stereocenters. The molecular weight excluding hydrogens is 216 g/mol. The Bertz CT molecular complexity index is 275. The molecule has 3 aliphatic rings. The summed E-state index contributed by atoms with van der Waals surface area (Å²) in [7, 11) is 0. The molecule has 1 saturated carbocycles. The van der Waals surface area contributed by atoms with Crippen LogP contribution in [0.25, 0.3) is 0 Å². The van der Waals surface area contributed by atoms with Crippen molar-refractivity contribution in [2.75, 3.05) is 13.2 Å². The van der Waals surface area contributed by atoms with Crippen molar-refractivity contribution in [3.63, 3.8) is 0 Å². The van der Waals surface area contributed by atoms with Gasteiger partial charge in [-0.3, -0.25) is 9.63 Å². The number of carbonyl (C=O) groups excluding carboxylic acids is 1. The number of amides is 1. The molecule has 2 saturated heterocycles. The summed E-state index contributed by atoms with van der Waals surface area (Å²) in [4.78, 5) is 17.7. The van der Waals surface area contributed by atoms with Gasteiger partial charge in [0.05, 0.1) is 12.6 Å². The van der Waals surface area contributed by atoms with E-state index in [0.29, 0.717) is 12.6 Å². The van der Waals surface area contributed by atoms with Crippen LogP contribution in [0.5, 0.6) is 0 Å². The SMILES string of the molecule is O=C(C1CC2CCCCC2N1)N1CCCCO1. The summed E-state index contributed by atoms with van der Waals surface area (Å²) in [5, 5.41) is 5.11. The number of carbonyl (C=O) groups is 1. The van der Waals surface area contributed by atoms with Gasteiger partial charge in [-0.15, -0.1) is 0 Å². The van der Waals surface area contributed by atoms with E-state index in [1.54, 1.807) is 5.06 Å². The summed E-state index contributed by atoms with van der Waals surface area (Å²) >= 11 is 0. The summed E-state index contributed by atoms with van der Waals surface area (Å²) in [6.45, 7) is 1.47. The Hall–Kier alpha value is -0.610. The number of rotatable bonds is 1. The minimum absolute atomic E-state index is 0.0150.